The summed E-state index contributed by atoms with van der Waals surface area (Å²) < 4.78 is 0. The summed E-state index contributed by atoms with van der Waals surface area (Å²) in [6.45, 7) is 3.86. The van der Waals surface area contributed by atoms with Crippen LogP contribution < -0.4 is 0 Å². The summed E-state index contributed by atoms with van der Waals surface area (Å²) in [7, 11) is 0. The number of piperidine rings is 1. The van der Waals surface area contributed by atoms with Crippen molar-refractivity contribution in [3.05, 3.63) is 60.2 Å². The zero-order valence-electron chi connectivity index (χ0n) is 13.7. The van der Waals surface area contributed by atoms with Gasteiger partial charge >= 0.3 is 0 Å². The molecule has 2 aliphatic heterocycles. The van der Waals surface area contributed by atoms with Gasteiger partial charge < -0.3 is 4.90 Å². The van der Waals surface area contributed by atoms with E-state index in [-0.39, 0.29) is 5.91 Å². The van der Waals surface area contributed by atoms with Gasteiger partial charge in [-0.25, -0.2) is 0 Å². The molecule has 2 aliphatic rings. The number of aromatic nitrogens is 2. The number of likely N-dealkylation sites (tertiary alicyclic amines) is 2. The molecule has 0 spiro atoms. The molecule has 4 heterocycles. The molecule has 5 nitrogen and oxygen atoms in total. The van der Waals surface area contributed by atoms with Crippen LogP contribution >= 0.6 is 0 Å². The van der Waals surface area contributed by atoms with Crippen LogP contribution in [0.5, 0.6) is 0 Å². The van der Waals surface area contributed by atoms with Gasteiger partial charge in [0, 0.05) is 62.4 Å². The van der Waals surface area contributed by atoms with Gasteiger partial charge in [0.15, 0.2) is 0 Å². The molecule has 0 N–H and O–H groups in total. The van der Waals surface area contributed by atoms with Crippen molar-refractivity contribution in [1.29, 1.82) is 0 Å². The van der Waals surface area contributed by atoms with Gasteiger partial charge in [0.2, 0.25) is 0 Å². The Labute approximate surface area is 142 Å². The first-order chi connectivity index (χ1) is 11.8. The molecule has 124 valence electrons. The van der Waals surface area contributed by atoms with E-state index in [9.17, 15) is 4.79 Å². The third-order valence-electron chi connectivity index (χ3n) is 5.19. The highest BCUT2D eigenvalue weighted by Crippen LogP contribution is 2.30. The second-order valence-electron chi connectivity index (χ2n) is 6.67. The topological polar surface area (TPSA) is 49.3 Å². The Balaban J connectivity index is 1.28. The number of carbonyl (C=O) groups is 1. The van der Waals surface area contributed by atoms with Crippen LogP contribution in [0.3, 0.4) is 0 Å². The summed E-state index contributed by atoms with van der Waals surface area (Å²) in [6, 6.07) is 10.4. The Morgan fingerprint density at radius 3 is 2.54 bits per heavy atom. The maximum Gasteiger partial charge on any atom is 0.255 e. The van der Waals surface area contributed by atoms with Crippen LogP contribution in [0.2, 0.25) is 0 Å². The van der Waals surface area contributed by atoms with Crippen molar-refractivity contribution in [2.75, 3.05) is 26.2 Å². The van der Waals surface area contributed by atoms with E-state index >= 15 is 0 Å². The molecule has 0 aromatic carbocycles. The van der Waals surface area contributed by atoms with E-state index in [4.69, 9.17) is 0 Å². The molecular weight excluding hydrogens is 300 g/mol. The Morgan fingerprint density at radius 2 is 1.88 bits per heavy atom. The minimum Gasteiger partial charge on any atom is -0.338 e. The van der Waals surface area contributed by atoms with Crippen LogP contribution in [-0.4, -0.2) is 57.9 Å². The van der Waals surface area contributed by atoms with Crippen LogP contribution in [0.25, 0.3) is 0 Å². The molecule has 2 saturated heterocycles. The van der Waals surface area contributed by atoms with Crippen molar-refractivity contribution in [1.82, 2.24) is 19.8 Å². The number of amides is 1. The van der Waals surface area contributed by atoms with E-state index < -0.39 is 0 Å². The van der Waals surface area contributed by atoms with Crippen LogP contribution in [0, 0.1) is 0 Å². The lowest BCUT2D eigenvalue weighted by Gasteiger charge is -2.47. The predicted molar refractivity (Wildman–Crippen MR) is 91.7 cm³/mol. The molecule has 0 bridgehead atoms. The zero-order chi connectivity index (χ0) is 16.4. The molecule has 0 aliphatic carbocycles. The van der Waals surface area contributed by atoms with Gasteiger partial charge in [-0.1, -0.05) is 6.07 Å². The van der Waals surface area contributed by atoms with E-state index in [1.54, 1.807) is 12.4 Å². The molecule has 0 atom stereocenters. The number of nitrogens with zero attached hydrogens (tertiary/aromatic N) is 4. The quantitative estimate of drug-likeness (QED) is 0.869. The van der Waals surface area contributed by atoms with E-state index in [1.165, 1.54) is 5.69 Å². The van der Waals surface area contributed by atoms with Gasteiger partial charge in [-0.05, 0) is 37.1 Å². The van der Waals surface area contributed by atoms with Crippen molar-refractivity contribution >= 4 is 5.91 Å². The largest absolute Gasteiger partial charge is 0.338 e. The maximum absolute atomic E-state index is 12.5. The first kappa shape index (κ1) is 15.3. The van der Waals surface area contributed by atoms with Crippen molar-refractivity contribution in [3.8, 4) is 0 Å². The average molecular weight is 322 g/mol. The Kier molecular flexibility index (Phi) is 4.26. The molecule has 0 saturated carbocycles. The zero-order valence-corrected chi connectivity index (χ0v) is 13.7. The Hall–Kier alpha value is -2.27. The second-order valence-corrected chi connectivity index (χ2v) is 6.67. The summed E-state index contributed by atoms with van der Waals surface area (Å²) in [4.78, 5) is 25.5. The third-order valence-corrected chi connectivity index (χ3v) is 5.19. The number of rotatable bonds is 3. The summed E-state index contributed by atoms with van der Waals surface area (Å²) in [5.74, 6) is 0.678. The fourth-order valence-electron chi connectivity index (χ4n) is 3.72. The summed E-state index contributed by atoms with van der Waals surface area (Å²) in [5, 5.41) is 0. The van der Waals surface area contributed by atoms with Crippen molar-refractivity contribution in [2.45, 2.75) is 24.8 Å². The molecule has 1 amide bonds. The second kappa shape index (κ2) is 6.69. The van der Waals surface area contributed by atoms with Crippen LogP contribution in [0.1, 0.15) is 34.8 Å². The van der Waals surface area contributed by atoms with Crippen LogP contribution in [-0.2, 0) is 0 Å². The smallest absolute Gasteiger partial charge is 0.255 e. The van der Waals surface area contributed by atoms with Crippen LogP contribution in [0.15, 0.2) is 48.9 Å². The molecular formula is C19H22N4O. The van der Waals surface area contributed by atoms with Gasteiger partial charge in [-0.3, -0.25) is 19.7 Å². The Morgan fingerprint density at radius 1 is 1.04 bits per heavy atom. The standard InChI is InChI=1S/C19H22N4O/c24-19(15-4-3-8-20-12-15)22-10-6-17(7-11-22)23-13-16(14-23)18-5-1-2-9-21-18/h1-5,8-9,12,16-17H,6-7,10-11,13-14H2. The first-order valence-electron chi connectivity index (χ1n) is 8.65. The van der Waals surface area contributed by atoms with Gasteiger partial charge in [0.1, 0.15) is 0 Å². The van der Waals surface area contributed by atoms with Crippen molar-refractivity contribution < 1.29 is 4.79 Å². The lowest BCUT2D eigenvalue weighted by Crippen LogP contribution is -2.54. The number of carbonyl (C=O) groups excluding carboxylic acids is 1. The molecule has 2 fully saturated rings. The Bertz CT molecular complexity index is 677. The molecule has 0 radical (unpaired) electrons. The summed E-state index contributed by atoms with van der Waals surface area (Å²) >= 11 is 0. The SMILES string of the molecule is O=C(c1cccnc1)N1CCC(N2CC(c3ccccn3)C2)CC1. The number of pyridine rings is 2. The van der Waals surface area contributed by atoms with Crippen LogP contribution in [0.4, 0.5) is 0 Å². The lowest BCUT2D eigenvalue weighted by atomic mass is 9.90. The normalized spacial score (nSPS) is 19.9. The molecule has 2 aromatic heterocycles. The highest BCUT2D eigenvalue weighted by Gasteiger charge is 2.36. The predicted octanol–water partition coefficient (Wildman–Crippen LogP) is 2.18. The van der Waals surface area contributed by atoms with E-state index in [1.807, 2.05) is 29.3 Å². The van der Waals surface area contributed by atoms with Crippen molar-refractivity contribution in [2.24, 2.45) is 0 Å². The molecule has 2 aromatic rings. The monoisotopic (exact) mass is 322 g/mol. The number of hydrogen-bond donors (Lipinski definition) is 0. The fraction of sp³-hybridized carbons (Fsp3) is 0.421. The van der Waals surface area contributed by atoms with Gasteiger partial charge in [-0.15, -0.1) is 0 Å². The third kappa shape index (κ3) is 3.04. The van der Waals surface area contributed by atoms with Crippen molar-refractivity contribution in [3.63, 3.8) is 0 Å². The van der Waals surface area contributed by atoms with Gasteiger partial charge in [-0.2, -0.15) is 0 Å². The molecule has 0 unspecified atom stereocenters. The van der Waals surface area contributed by atoms with Gasteiger partial charge in [0.25, 0.3) is 5.91 Å². The van der Waals surface area contributed by atoms with E-state index in [2.05, 4.69) is 27.0 Å². The van der Waals surface area contributed by atoms with Gasteiger partial charge in [0.05, 0.1) is 5.56 Å². The minimum atomic E-state index is 0.108. The maximum atomic E-state index is 12.5. The lowest BCUT2D eigenvalue weighted by molar-refractivity contribution is 0.0389. The molecule has 5 heteroatoms. The first-order valence-corrected chi connectivity index (χ1v) is 8.65. The van der Waals surface area contributed by atoms with E-state index in [0.29, 0.717) is 17.5 Å². The number of hydrogen-bond acceptors (Lipinski definition) is 4. The van der Waals surface area contributed by atoms with E-state index in [0.717, 1.165) is 39.0 Å². The highest BCUT2D eigenvalue weighted by atomic mass is 16.2. The molecule has 24 heavy (non-hydrogen) atoms. The average Bonchev–Trinajstić information content (AvgIpc) is 2.62. The highest BCUT2D eigenvalue weighted by molar-refractivity contribution is 5.93. The summed E-state index contributed by atoms with van der Waals surface area (Å²) in [5.41, 5.74) is 1.90. The molecule has 4 rings (SSSR count). The minimum absolute atomic E-state index is 0.108. The summed E-state index contributed by atoms with van der Waals surface area (Å²) in [6.07, 6.45) is 7.34. The fourth-order valence-corrected chi connectivity index (χ4v) is 3.72.